The van der Waals surface area contributed by atoms with Crippen molar-refractivity contribution in [3.8, 4) is 0 Å². The van der Waals surface area contributed by atoms with Crippen molar-refractivity contribution < 1.29 is 14.6 Å². The Balaban J connectivity index is 1.90. The highest BCUT2D eigenvalue weighted by atomic mass is 16.6. The van der Waals surface area contributed by atoms with Crippen molar-refractivity contribution in [2.75, 3.05) is 0 Å². The minimum Gasteiger partial charge on any atom is -0.289 e. The zero-order valence-electron chi connectivity index (χ0n) is 14.3. The summed E-state index contributed by atoms with van der Waals surface area (Å²) in [5.41, 5.74) is 2.31. The number of rotatable bonds is 4. The van der Waals surface area contributed by atoms with Crippen LogP contribution in [-0.2, 0) is 4.79 Å². The van der Waals surface area contributed by atoms with Gasteiger partial charge in [0.05, 0.1) is 9.85 Å². The van der Waals surface area contributed by atoms with Gasteiger partial charge in [-0.25, -0.2) is 0 Å². The number of non-ortho nitro benzene ring substituents is 2. The molecule has 0 aromatic heterocycles. The van der Waals surface area contributed by atoms with Gasteiger partial charge in [-0.1, -0.05) is 24.3 Å². The van der Waals surface area contributed by atoms with Crippen LogP contribution in [0.15, 0.2) is 59.7 Å². The first-order valence-electron chi connectivity index (χ1n) is 8.39. The maximum atomic E-state index is 12.8. The van der Waals surface area contributed by atoms with Crippen molar-refractivity contribution in [3.05, 3.63) is 91.0 Å². The van der Waals surface area contributed by atoms with Crippen LogP contribution in [0, 0.1) is 20.2 Å². The zero-order chi connectivity index (χ0) is 19.4. The molecule has 0 amide bonds. The lowest BCUT2D eigenvalue weighted by Crippen LogP contribution is -2.12. The molecule has 0 bridgehead atoms. The molecule has 0 unspecified atom stereocenters. The van der Waals surface area contributed by atoms with Crippen LogP contribution < -0.4 is 0 Å². The Hall–Kier alpha value is -3.61. The Morgan fingerprint density at radius 3 is 1.63 bits per heavy atom. The number of hydrogen-bond donors (Lipinski definition) is 0. The Kier molecular flexibility index (Phi) is 5.21. The first-order chi connectivity index (χ1) is 12.9. The van der Waals surface area contributed by atoms with Crippen molar-refractivity contribution in [1.82, 2.24) is 0 Å². The number of benzene rings is 2. The molecule has 7 nitrogen and oxygen atoms in total. The Morgan fingerprint density at radius 1 is 0.778 bits per heavy atom. The number of allylic oxidation sites excluding steroid dienone is 2. The lowest BCUT2D eigenvalue weighted by molar-refractivity contribution is -0.385. The molecule has 27 heavy (non-hydrogen) atoms. The summed E-state index contributed by atoms with van der Waals surface area (Å²) in [5.74, 6) is -0.126. The molecule has 0 saturated heterocycles. The predicted octanol–water partition coefficient (Wildman–Crippen LogP) is 4.72. The average molecular weight is 364 g/mol. The van der Waals surface area contributed by atoms with Crippen LogP contribution in [0.3, 0.4) is 0 Å². The van der Waals surface area contributed by atoms with E-state index in [-0.39, 0.29) is 17.2 Å². The van der Waals surface area contributed by atoms with E-state index in [0.717, 1.165) is 6.42 Å². The van der Waals surface area contributed by atoms with E-state index in [9.17, 15) is 25.0 Å². The van der Waals surface area contributed by atoms with E-state index in [1.165, 1.54) is 24.3 Å². The van der Waals surface area contributed by atoms with Crippen molar-refractivity contribution in [2.45, 2.75) is 19.3 Å². The molecule has 1 aliphatic carbocycles. The molecule has 7 heteroatoms. The summed E-state index contributed by atoms with van der Waals surface area (Å²) in [7, 11) is 0. The molecule has 2 aromatic carbocycles. The third-order valence-electron chi connectivity index (χ3n) is 4.32. The maximum absolute atomic E-state index is 12.8. The smallest absolute Gasteiger partial charge is 0.270 e. The van der Waals surface area contributed by atoms with Crippen LogP contribution in [0.4, 0.5) is 11.4 Å². The van der Waals surface area contributed by atoms with Crippen LogP contribution >= 0.6 is 0 Å². The molecule has 0 heterocycles. The molecule has 0 spiro atoms. The molecule has 3 rings (SSSR count). The lowest BCUT2D eigenvalue weighted by atomic mass is 9.87. The Bertz CT molecular complexity index is 914. The molecule has 0 aliphatic heterocycles. The van der Waals surface area contributed by atoms with Crippen LogP contribution in [0.2, 0.25) is 0 Å². The second-order valence-electron chi connectivity index (χ2n) is 6.23. The number of nitro benzene ring substituents is 2. The largest absolute Gasteiger partial charge is 0.289 e. The molecule has 1 saturated carbocycles. The monoisotopic (exact) mass is 364 g/mol. The molecule has 136 valence electrons. The number of Topliss-reactive ketones (excluding diaryl/α,β-unsaturated/α-hetero) is 1. The summed E-state index contributed by atoms with van der Waals surface area (Å²) >= 11 is 0. The minimum atomic E-state index is -0.474. The highest BCUT2D eigenvalue weighted by Gasteiger charge is 2.21. The molecular weight excluding hydrogens is 348 g/mol. The summed E-state index contributed by atoms with van der Waals surface area (Å²) < 4.78 is 0. The van der Waals surface area contributed by atoms with Gasteiger partial charge in [-0.3, -0.25) is 25.0 Å². The fourth-order valence-corrected chi connectivity index (χ4v) is 3.04. The molecule has 1 fully saturated rings. The molecule has 0 N–H and O–H groups in total. The van der Waals surface area contributed by atoms with Crippen LogP contribution in [0.25, 0.3) is 12.2 Å². The SMILES string of the molecule is O=C1C(=Cc2cccc([N+](=O)[O-])c2)CCCC1=Cc1cccc([N+](=O)[O-])c1. The standard InChI is InChI=1S/C20H16N2O5/c23-20-16(10-14-4-1-8-18(12-14)21(24)25)6-3-7-17(20)11-15-5-2-9-19(13-15)22(26)27/h1-2,4-5,8-13H,3,6-7H2. The van der Waals surface area contributed by atoms with Gasteiger partial charge >= 0.3 is 0 Å². The number of carbonyl (C=O) groups is 1. The van der Waals surface area contributed by atoms with Crippen molar-refractivity contribution in [1.29, 1.82) is 0 Å². The quantitative estimate of drug-likeness (QED) is 0.443. The Labute approximate surface area is 154 Å². The van der Waals surface area contributed by atoms with Crippen molar-refractivity contribution >= 4 is 29.3 Å². The van der Waals surface area contributed by atoms with E-state index < -0.39 is 9.85 Å². The van der Waals surface area contributed by atoms with Gasteiger partial charge < -0.3 is 0 Å². The summed E-state index contributed by atoms with van der Waals surface area (Å²) in [6.45, 7) is 0. The van der Waals surface area contributed by atoms with E-state index in [0.29, 0.717) is 35.1 Å². The summed E-state index contributed by atoms with van der Waals surface area (Å²) in [4.78, 5) is 33.6. The highest BCUT2D eigenvalue weighted by Crippen LogP contribution is 2.29. The Morgan fingerprint density at radius 2 is 1.22 bits per heavy atom. The van der Waals surface area contributed by atoms with Gasteiger partial charge in [-0.05, 0) is 42.5 Å². The predicted molar refractivity (Wildman–Crippen MR) is 101 cm³/mol. The summed E-state index contributed by atoms with van der Waals surface area (Å²) in [5, 5.41) is 21.8. The zero-order valence-corrected chi connectivity index (χ0v) is 14.3. The van der Waals surface area contributed by atoms with Crippen molar-refractivity contribution in [2.24, 2.45) is 0 Å². The van der Waals surface area contributed by atoms with E-state index in [1.54, 1.807) is 36.4 Å². The van der Waals surface area contributed by atoms with Gasteiger partial charge in [-0.15, -0.1) is 0 Å². The fourth-order valence-electron chi connectivity index (χ4n) is 3.04. The number of hydrogen-bond acceptors (Lipinski definition) is 5. The number of nitro groups is 2. The molecule has 0 atom stereocenters. The molecular formula is C20H16N2O5. The highest BCUT2D eigenvalue weighted by molar-refractivity contribution is 6.14. The normalized spacial score (nSPS) is 17.3. The van der Waals surface area contributed by atoms with E-state index >= 15 is 0 Å². The van der Waals surface area contributed by atoms with E-state index in [1.807, 2.05) is 0 Å². The lowest BCUT2D eigenvalue weighted by Gasteiger charge is -2.16. The van der Waals surface area contributed by atoms with Gasteiger partial charge in [0, 0.05) is 35.4 Å². The first-order valence-corrected chi connectivity index (χ1v) is 8.39. The molecule has 1 aliphatic rings. The topological polar surface area (TPSA) is 103 Å². The average Bonchev–Trinajstić information content (AvgIpc) is 2.65. The third-order valence-corrected chi connectivity index (χ3v) is 4.32. The first kappa shape index (κ1) is 18.2. The molecule has 0 radical (unpaired) electrons. The minimum absolute atomic E-state index is 0.0278. The number of nitrogens with zero attached hydrogens (tertiary/aromatic N) is 2. The summed E-state index contributed by atoms with van der Waals surface area (Å²) in [6.07, 6.45) is 5.31. The third kappa shape index (κ3) is 4.33. The van der Waals surface area contributed by atoms with Gasteiger partial charge in [-0.2, -0.15) is 0 Å². The fraction of sp³-hybridized carbons (Fsp3) is 0.150. The van der Waals surface area contributed by atoms with Gasteiger partial charge in [0.2, 0.25) is 0 Å². The van der Waals surface area contributed by atoms with Crippen LogP contribution in [0.5, 0.6) is 0 Å². The van der Waals surface area contributed by atoms with Gasteiger partial charge in [0.15, 0.2) is 5.78 Å². The van der Waals surface area contributed by atoms with Crippen molar-refractivity contribution in [3.63, 3.8) is 0 Å². The van der Waals surface area contributed by atoms with Crippen LogP contribution in [-0.4, -0.2) is 15.6 Å². The second-order valence-corrected chi connectivity index (χ2v) is 6.23. The van der Waals surface area contributed by atoms with E-state index in [2.05, 4.69) is 0 Å². The van der Waals surface area contributed by atoms with E-state index in [4.69, 9.17) is 0 Å². The number of carbonyl (C=O) groups excluding carboxylic acids is 1. The second kappa shape index (κ2) is 7.74. The number of ketones is 1. The maximum Gasteiger partial charge on any atom is 0.270 e. The molecule has 2 aromatic rings. The van der Waals surface area contributed by atoms with Gasteiger partial charge in [0.1, 0.15) is 0 Å². The van der Waals surface area contributed by atoms with Crippen LogP contribution in [0.1, 0.15) is 30.4 Å². The van der Waals surface area contributed by atoms with Gasteiger partial charge in [0.25, 0.3) is 11.4 Å². The summed E-state index contributed by atoms with van der Waals surface area (Å²) in [6, 6.07) is 12.3.